The summed E-state index contributed by atoms with van der Waals surface area (Å²) in [6, 6.07) is 3.92. The second-order valence-electron chi connectivity index (χ2n) is 10.5. The number of nitrogens with zero attached hydrogens (tertiary/aromatic N) is 3. The first kappa shape index (κ1) is 27.2. The minimum absolute atomic E-state index is 0.258. The molecule has 3 N–H and O–H groups in total. The predicted molar refractivity (Wildman–Crippen MR) is 139 cm³/mol. The molecule has 0 spiro atoms. The number of methoxy groups -OCH3 is 1. The molecule has 2 aliphatic heterocycles. The predicted octanol–water partition coefficient (Wildman–Crippen LogP) is 2.66. The van der Waals surface area contributed by atoms with Gasteiger partial charge in [-0.1, -0.05) is 6.07 Å². The molecular formula is C27H41N5O5. The molecule has 204 valence electrons. The molecule has 10 heteroatoms. The van der Waals surface area contributed by atoms with Gasteiger partial charge in [-0.2, -0.15) is 0 Å². The SMILES string of the molecule is COC(=O)N1CCCC(C(=O)NC(CCN(CCCCc2ccc3c(n2)NCCC3)C2CC2)C(=O)O)C1. The molecule has 0 aromatic carbocycles. The summed E-state index contributed by atoms with van der Waals surface area (Å²) in [5.74, 6) is -0.694. The molecule has 1 saturated carbocycles. The standard InChI is InChI=1S/C27H41N5O5/c1-37-27(36)32-16-5-7-20(18-32)25(33)30-23(26(34)35)13-17-31(22-11-12-22)15-3-2-8-21-10-9-19-6-4-14-28-24(19)29-21/h9-10,20,22-23H,2-8,11-18H2,1H3,(H,28,29)(H,30,33)(H,34,35). The second kappa shape index (κ2) is 13.1. The molecule has 4 rings (SSSR count). The fraction of sp³-hybridized carbons (Fsp3) is 0.704. The Balaban J connectivity index is 1.21. The quantitative estimate of drug-likeness (QED) is 0.363. The van der Waals surface area contributed by atoms with Gasteiger partial charge in [0.1, 0.15) is 11.9 Å². The number of nitrogens with one attached hydrogen (secondary N) is 2. The number of unbranched alkanes of at least 4 members (excludes halogenated alkanes) is 1. The molecule has 2 unspecified atom stereocenters. The van der Waals surface area contributed by atoms with E-state index in [1.165, 1.54) is 17.6 Å². The van der Waals surface area contributed by atoms with Gasteiger partial charge >= 0.3 is 12.1 Å². The topological polar surface area (TPSA) is 124 Å². The summed E-state index contributed by atoms with van der Waals surface area (Å²) in [6.07, 6.45) is 8.78. The third kappa shape index (κ3) is 7.80. The number of carbonyl (C=O) groups excluding carboxylic acids is 2. The van der Waals surface area contributed by atoms with E-state index >= 15 is 0 Å². The lowest BCUT2D eigenvalue weighted by molar-refractivity contribution is -0.143. The molecule has 1 saturated heterocycles. The lowest BCUT2D eigenvalue weighted by atomic mass is 9.97. The van der Waals surface area contributed by atoms with Crippen LogP contribution in [-0.4, -0.2) is 89.8 Å². The van der Waals surface area contributed by atoms with Crippen LogP contribution in [0.2, 0.25) is 0 Å². The van der Waals surface area contributed by atoms with Gasteiger partial charge in [0.05, 0.1) is 13.0 Å². The number of carbonyl (C=O) groups is 3. The van der Waals surface area contributed by atoms with Crippen LogP contribution in [0.15, 0.2) is 12.1 Å². The molecule has 10 nitrogen and oxygen atoms in total. The van der Waals surface area contributed by atoms with Crippen molar-refractivity contribution in [1.82, 2.24) is 20.1 Å². The van der Waals surface area contributed by atoms with E-state index in [-0.39, 0.29) is 12.5 Å². The normalized spacial score (nSPS) is 20.1. The highest BCUT2D eigenvalue weighted by Gasteiger charge is 2.33. The highest BCUT2D eigenvalue weighted by atomic mass is 16.5. The van der Waals surface area contributed by atoms with E-state index in [4.69, 9.17) is 9.72 Å². The molecule has 1 aliphatic carbocycles. The molecule has 1 aromatic heterocycles. The zero-order valence-electron chi connectivity index (χ0n) is 21.9. The van der Waals surface area contributed by atoms with Crippen LogP contribution in [0.25, 0.3) is 0 Å². The van der Waals surface area contributed by atoms with Crippen LogP contribution in [-0.2, 0) is 27.2 Å². The van der Waals surface area contributed by atoms with E-state index < -0.39 is 24.0 Å². The van der Waals surface area contributed by atoms with E-state index in [2.05, 4.69) is 27.7 Å². The van der Waals surface area contributed by atoms with E-state index in [0.717, 1.165) is 69.5 Å². The number of hydrogen-bond acceptors (Lipinski definition) is 7. The molecule has 3 heterocycles. The summed E-state index contributed by atoms with van der Waals surface area (Å²) in [6.45, 7) is 3.36. The fourth-order valence-electron chi connectivity index (χ4n) is 5.37. The second-order valence-corrected chi connectivity index (χ2v) is 10.5. The summed E-state index contributed by atoms with van der Waals surface area (Å²) in [4.78, 5) is 45.2. The number of piperidine rings is 1. The number of carboxylic acid groups (broad SMARTS) is 1. The van der Waals surface area contributed by atoms with Gasteiger partial charge < -0.3 is 30.3 Å². The number of carboxylic acids is 1. The van der Waals surface area contributed by atoms with Gasteiger partial charge in [0, 0.05) is 37.9 Å². The fourth-order valence-corrected chi connectivity index (χ4v) is 5.37. The van der Waals surface area contributed by atoms with Crippen LogP contribution in [0, 0.1) is 5.92 Å². The van der Waals surface area contributed by atoms with Crippen LogP contribution < -0.4 is 10.6 Å². The monoisotopic (exact) mass is 515 g/mol. The Hall–Kier alpha value is -2.88. The number of pyridine rings is 1. The number of likely N-dealkylation sites (tertiary alicyclic amines) is 1. The van der Waals surface area contributed by atoms with E-state index in [9.17, 15) is 19.5 Å². The molecule has 1 aromatic rings. The van der Waals surface area contributed by atoms with Crippen molar-refractivity contribution in [2.45, 2.75) is 76.3 Å². The van der Waals surface area contributed by atoms with E-state index in [1.807, 2.05) is 0 Å². The summed E-state index contributed by atoms with van der Waals surface area (Å²) in [5.41, 5.74) is 2.42. The van der Waals surface area contributed by atoms with Crippen molar-refractivity contribution >= 4 is 23.8 Å². The van der Waals surface area contributed by atoms with Crippen molar-refractivity contribution in [2.75, 3.05) is 45.2 Å². The van der Waals surface area contributed by atoms with Crippen molar-refractivity contribution in [2.24, 2.45) is 5.92 Å². The highest BCUT2D eigenvalue weighted by Crippen LogP contribution is 2.28. The Kier molecular flexibility index (Phi) is 9.60. The Morgan fingerprint density at radius 1 is 1.22 bits per heavy atom. The molecule has 2 atom stereocenters. The van der Waals surface area contributed by atoms with Crippen molar-refractivity contribution in [1.29, 1.82) is 0 Å². The van der Waals surface area contributed by atoms with Crippen molar-refractivity contribution < 1.29 is 24.2 Å². The van der Waals surface area contributed by atoms with Gasteiger partial charge in [-0.05, 0) is 82.4 Å². The van der Waals surface area contributed by atoms with Crippen LogP contribution in [0.4, 0.5) is 10.6 Å². The summed E-state index contributed by atoms with van der Waals surface area (Å²) >= 11 is 0. The number of hydrogen-bond donors (Lipinski definition) is 3. The molecule has 0 radical (unpaired) electrons. The van der Waals surface area contributed by atoms with E-state index in [0.29, 0.717) is 38.4 Å². The summed E-state index contributed by atoms with van der Waals surface area (Å²) < 4.78 is 4.77. The number of rotatable bonds is 12. The number of fused-ring (bicyclic) bond motifs is 1. The van der Waals surface area contributed by atoms with Crippen molar-refractivity contribution in [3.8, 4) is 0 Å². The minimum Gasteiger partial charge on any atom is -0.480 e. The molecule has 2 fully saturated rings. The number of aliphatic carboxylic acids is 1. The Morgan fingerprint density at radius 3 is 2.81 bits per heavy atom. The molecule has 0 bridgehead atoms. The average Bonchev–Trinajstić information content (AvgIpc) is 3.76. The number of aryl methyl sites for hydroxylation is 2. The van der Waals surface area contributed by atoms with Gasteiger partial charge in [-0.3, -0.25) is 4.79 Å². The molecule has 37 heavy (non-hydrogen) atoms. The van der Waals surface area contributed by atoms with Gasteiger partial charge in [-0.25, -0.2) is 14.6 Å². The van der Waals surface area contributed by atoms with Crippen molar-refractivity contribution in [3.63, 3.8) is 0 Å². The third-order valence-corrected chi connectivity index (χ3v) is 7.69. The van der Waals surface area contributed by atoms with Crippen molar-refractivity contribution in [3.05, 3.63) is 23.4 Å². The summed E-state index contributed by atoms with van der Waals surface area (Å²) in [7, 11) is 1.32. The first-order chi connectivity index (χ1) is 17.9. The first-order valence-electron chi connectivity index (χ1n) is 13.8. The zero-order chi connectivity index (χ0) is 26.2. The number of aromatic nitrogens is 1. The maximum atomic E-state index is 12.8. The third-order valence-electron chi connectivity index (χ3n) is 7.69. The zero-order valence-corrected chi connectivity index (χ0v) is 21.9. The number of anilines is 1. The van der Waals surface area contributed by atoms with E-state index in [1.54, 1.807) is 0 Å². The smallest absolute Gasteiger partial charge is 0.409 e. The minimum atomic E-state index is -1.02. The Bertz CT molecular complexity index is 953. The Labute approximate surface area is 219 Å². The van der Waals surface area contributed by atoms with Gasteiger partial charge in [-0.15, -0.1) is 0 Å². The number of ether oxygens (including phenoxy) is 1. The van der Waals surface area contributed by atoms with Gasteiger partial charge in [0.25, 0.3) is 0 Å². The van der Waals surface area contributed by atoms with Gasteiger partial charge in [0.2, 0.25) is 5.91 Å². The lowest BCUT2D eigenvalue weighted by Crippen LogP contribution is -2.50. The Morgan fingerprint density at radius 2 is 2.05 bits per heavy atom. The van der Waals surface area contributed by atoms with Gasteiger partial charge in [0.15, 0.2) is 0 Å². The van der Waals surface area contributed by atoms with Crippen LogP contribution in [0.5, 0.6) is 0 Å². The molecule has 2 amide bonds. The van der Waals surface area contributed by atoms with Crippen LogP contribution >= 0.6 is 0 Å². The highest BCUT2D eigenvalue weighted by molar-refractivity contribution is 5.85. The lowest BCUT2D eigenvalue weighted by Gasteiger charge is -2.31. The maximum absolute atomic E-state index is 12.8. The average molecular weight is 516 g/mol. The maximum Gasteiger partial charge on any atom is 0.409 e. The summed E-state index contributed by atoms with van der Waals surface area (Å²) in [5, 5.41) is 15.9. The molecule has 3 aliphatic rings. The largest absolute Gasteiger partial charge is 0.480 e. The number of amides is 2. The van der Waals surface area contributed by atoms with Crippen LogP contribution in [0.3, 0.4) is 0 Å². The first-order valence-corrected chi connectivity index (χ1v) is 13.8. The van der Waals surface area contributed by atoms with Crippen LogP contribution in [0.1, 0.15) is 62.6 Å². The molecular weight excluding hydrogens is 474 g/mol.